The van der Waals surface area contributed by atoms with Crippen LogP contribution in [0, 0.1) is 0 Å². The zero-order valence-electron chi connectivity index (χ0n) is 14.5. The number of phenolic OH excluding ortho intramolecular Hbond substituents is 1. The van der Waals surface area contributed by atoms with Gasteiger partial charge in [-0.05, 0) is 41.8 Å². The molecule has 0 saturated carbocycles. The molecule has 0 unspecified atom stereocenters. The highest BCUT2D eigenvalue weighted by atomic mass is 35.5. The van der Waals surface area contributed by atoms with Crippen LogP contribution in [0.4, 0.5) is 5.69 Å². The Morgan fingerprint density at radius 1 is 1.04 bits per heavy atom. The molecule has 0 saturated heterocycles. The molecule has 0 spiro atoms. The van der Waals surface area contributed by atoms with Gasteiger partial charge in [0, 0.05) is 13.1 Å². The fraction of sp³-hybridized carbons (Fsp3) is 0.143. The monoisotopic (exact) mass is 379 g/mol. The standard InChI is InChI=1S/C21H18ClN3O2/c22-20-19(14-23-25(21(20)27)17-4-2-1-3-5-17)24-12-10-16(11-13-24)15-6-8-18(26)9-7-15/h1-10,14,26H,11-13H2. The third kappa shape index (κ3) is 3.46. The van der Waals surface area contributed by atoms with Crippen LogP contribution < -0.4 is 10.5 Å². The lowest BCUT2D eigenvalue weighted by Gasteiger charge is -2.29. The van der Waals surface area contributed by atoms with E-state index in [1.807, 2.05) is 42.5 Å². The van der Waals surface area contributed by atoms with Crippen molar-refractivity contribution in [1.82, 2.24) is 9.78 Å². The molecule has 1 aliphatic heterocycles. The average molecular weight is 380 g/mol. The molecule has 1 N–H and O–H groups in total. The first kappa shape index (κ1) is 17.4. The number of hydrogen-bond acceptors (Lipinski definition) is 4. The number of halogens is 1. The minimum Gasteiger partial charge on any atom is -0.508 e. The van der Waals surface area contributed by atoms with Crippen LogP contribution >= 0.6 is 11.6 Å². The molecule has 0 amide bonds. The van der Waals surface area contributed by atoms with Crippen molar-refractivity contribution in [2.75, 3.05) is 18.0 Å². The van der Waals surface area contributed by atoms with Crippen molar-refractivity contribution >= 4 is 22.9 Å². The Hall–Kier alpha value is -3.05. The second kappa shape index (κ2) is 7.29. The van der Waals surface area contributed by atoms with E-state index in [0.29, 0.717) is 17.9 Å². The van der Waals surface area contributed by atoms with Crippen LogP contribution in [-0.2, 0) is 0 Å². The highest BCUT2D eigenvalue weighted by molar-refractivity contribution is 6.33. The van der Waals surface area contributed by atoms with Gasteiger partial charge in [-0.1, -0.05) is 48.0 Å². The quantitative estimate of drug-likeness (QED) is 0.750. The minimum atomic E-state index is -0.325. The molecule has 136 valence electrons. The Balaban J connectivity index is 1.59. The first-order valence-corrected chi connectivity index (χ1v) is 9.08. The second-order valence-electron chi connectivity index (χ2n) is 6.37. The van der Waals surface area contributed by atoms with Gasteiger partial charge in [-0.3, -0.25) is 4.79 Å². The lowest BCUT2D eigenvalue weighted by Crippen LogP contribution is -2.31. The molecule has 0 fully saturated rings. The van der Waals surface area contributed by atoms with Crippen LogP contribution in [0.5, 0.6) is 5.75 Å². The zero-order chi connectivity index (χ0) is 18.8. The van der Waals surface area contributed by atoms with Crippen molar-refractivity contribution < 1.29 is 5.11 Å². The topological polar surface area (TPSA) is 58.4 Å². The van der Waals surface area contributed by atoms with Crippen LogP contribution in [0.15, 0.2) is 71.7 Å². The molecule has 4 rings (SSSR count). The van der Waals surface area contributed by atoms with E-state index >= 15 is 0 Å². The summed E-state index contributed by atoms with van der Waals surface area (Å²) >= 11 is 6.39. The Morgan fingerprint density at radius 3 is 2.44 bits per heavy atom. The zero-order valence-corrected chi connectivity index (χ0v) is 15.3. The van der Waals surface area contributed by atoms with Gasteiger partial charge in [0.2, 0.25) is 0 Å². The van der Waals surface area contributed by atoms with Crippen molar-refractivity contribution in [3.05, 3.63) is 87.8 Å². The van der Waals surface area contributed by atoms with Crippen molar-refractivity contribution in [3.63, 3.8) is 0 Å². The van der Waals surface area contributed by atoms with E-state index in [0.717, 1.165) is 18.5 Å². The van der Waals surface area contributed by atoms with Gasteiger partial charge in [0.15, 0.2) is 0 Å². The van der Waals surface area contributed by atoms with Crippen LogP contribution in [0.2, 0.25) is 5.02 Å². The molecule has 6 heteroatoms. The number of anilines is 1. The minimum absolute atomic E-state index is 0.176. The molecular formula is C21H18ClN3O2. The van der Waals surface area contributed by atoms with Crippen LogP contribution in [0.3, 0.4) is 0 Å². The maximum atomic E-state index is 12.7. The lowest BCUT2D eigenvalue weighted by atomic mass is 9.99. The molecule has 1 aliphatic rings. The second-order valence-corrected chi connectivity index (χ2v) is 6.75. The van der Waals surface area contributed by atoms with Gasteiger partial charge in [-0.2, -0.15) is 9.78 Å². The summed E-state index contributed by atoms with van der Waals surface area (Å²) in [5, 5.41) is 13.9. The van der Waals surface area contributed by atoms with E-state index in [2.05, 4.69) is 16.1 Å². The molecule has 0 bridgehead atoms. The summed E-state index contributed by atoms with van der Waals surface area (Å²) in [4.78, 5) is 14.7. The fourth-order valence-electron chi connectivity index (χ4n) is 3.22. The summed E-state index contributed by atoms with van der Waals surface area (Å²) in [6.45, 7) is 1.38. The molecule has 2 heterocycles. The van der Waals surface area contributed by atoms with Crippen LogP contribution in [-0.4, -0.2) is 28.0 Å². The fourth-order valence-corrected chi connectivity index (χ4v) is 3.47. The predicted molar refractivity (Wildman–Crippen MR) is 108 cm³/mol. The Kier molecular flexibility index (Phi) is 4.69. The highest BCUT2D eigenvalue weighted by Gasteiger charge is 2.19. The number of aromatic nitrogens is 2. The van der Waals surface area contributed by atoms with Crippen molar-refractivity contribution in [3.8, 4) is 11.4 Å². The average Bonchev–Trinajstić information content (AvgIpc) is 2.71. The summed E-state index contributed by atoms with van der Waals surface area (Å²) < 4.78 is 1.31. The van der Waals surface area contributed by atoms with Crippen molar-refractivity contribution in [1.29, 1.82) is 0 Å². The first-order chi connectivity index (χ1) is 13.1. The maximum absolute atomic E-state index is 12.7. The number of phenols is 1. The van der Waals surface area contributed by atoms with Gasteiger partial charge in [0.05, 0.1) is 17.6 Å². The molecule has 5 nitrogen and oxygen atoms in total. The lowest BCUT2D eigenvalue weighted by molar-refractivity contribution is 0.475. The summed E-state index contributed by atoms with van der Waals surface area (Å²) in [7, 11) is 0. The van der Waals surface area contributed by atoms with Gasteiger partial charge in [-0.25, -0.2) is 0 Å². The van der Waals surface area contributed by atoms with Gasteiger partial charge in [0.1, 0.15) is 10.8 Å². The summed E-state index contributed by atoms with van der Waals surface area (Å²) in [5.74, 6) is 0.258. The van der Waals surface area contributed by atoms with Gasteiger partial charge < -0.3 is 10.0 Å². The van der Waals surface area contributed by atoms with Gasteiger partial charge >= 0.3 is 0 Å². The van der Waals surface area contributed by atoms with E-state index in [1.54, 1.807) is 18.3 Å². The smallest absolute Gasteiger partial charge is 0.292 e. The van der Waals surface area contributed by atoms with Gasteiger partial charge in [-0.15, -0.1) is 0 Å². The third-order valence-electron chi connectivity index (χ3n) is 4.69. The van der Waals surface area contributed by atoms with E-state index in [-0.39, 0.29) is 16.3 Å². The summed E-state index contributed by atoms with van der Waals surface area (Å²) in [6, 6.07) is 16.4. The highest BCUT2D eigenvalue weighted by Crippen LogP contribution is 2.29. The van der Waals surface area contributed by atoms with Crippen LogP contribution in [0.25, 0.3) is 11.3 Å². The van der Waals surface area contributed by atoms with Gasteiger partial charge in [0.25, 0.3) is 5.56 Å². The molecule has 0 radical (unpaired) electrons. The molecule has 0 aliphatic carbocycles. The Labute approximate surface area is 161 Å². The first-order valence-electron chi connectivity index (χ1n) is 8.70. The number of rotatable bonds is 3. The molecule has 0 atom stereocenters. The van der Waals surface area contributed by atoms with E-state index < -0.39 is 0 Å². The number of aromatic hydroxyl groups is 1. The van der Waals surface area contributed by atoms with Crippen molar-refractivity contribution in [2.45, 2.75) is 6.42 Å². The van der Waals surface area contributed by atoms with E-state index in [9.17, 15) is 9.90 Å². The predicted octanol–water partition coefficient (Wildman–Crippen LogP) is 3.89. The summed E-state index contributed by atoms with van der Waals surface area (Å²) in [5.41, 5.74) is 3.32. The molecule has 3 aromatic rings. The molecular weight excluding hydrogens is 362 g/mol. The largest absolute Gasteiger partial charge is 0.508 e. The number of nitrogens with zero attached hydrogens (tertiary/aromatic N) is 3. The number of benzene rings is 2. The number of hydrogen-bond donors (Lipinski definition) is 1. The van der Waals surface area contributed by atoms with E-state index in [4.69, 9.17) is 11.6 Å². The number of para-hydroxylation sites is 1. The Bertz CT molecular complexity index is 1040. The normalized spacial score (nSPS) is 14.1. The van der Waals surface area contributed by atoms with Crippen molar-refractivity contribution in [2.24, 2.45) is 0 Å². The summed E-state index contributed by atoms with van der Waals surface area (Å²) in [6.07, 6.45) is 4.59. The molecule has 27 heavy (non-hydrogen) atoms. The third-order valence-corrected chi connectivity index (χ3v) is 5.04. The van der Waals surface area contributed by atoms with Crippen LogP contribution in [0.1, 0.15) is 12.0 Å². The molecule has 2 aromatic carbocycles. The van der Waals surface area contributed by atoms with E-state index in [1.165, 1.54) is 10.3 Å². The molecule has 1 aromatic heterocycles. The Morgan fingerprint density at radius 2 is 1.78 bits per heavy atom. The SMILES string of the molecule is O=c1c(Cl)c(N2CC=C(c3ccc(O)cc3)CC2)cnn1-c1ccccc1. The maximum Gasteiger partial charge on any atom is 0.292 e.